The van der Waals surface area contributed by atoms with E-state index in [0.29, 0.717) is 23.8 Å². The number of hydrogen-bond donors (Lipinski definition) is 3. The molecule has 2 fully saturated rings. The van der Waals surface area contributed by atoms with Gasteiger partial charge in [-0.05, 0) is 32.7 Å². The molecule has 2 heterocycles. The van der Waals surface area contributed by atoms with Gasteiger partial charge in [-0.15, -0.1) is 0 Å². The Bertz CT molecular complexity index is 478. The molecule has 1 saturated carbocycles. The molecule has 0 aromatic carbocycles. The summed E-state index contributed by atoms with van der Waals surface area (Å²) in [4.78, 5) is 11.4. The monoisotopic (exact) mass is 304 g/mol. The van der Waals surface area contributed by atoms with Gasteiger partial charge in [-0.25, -0.2) is 0 Å². The van der Waals surface area contributed by atoms with Crippen molar-refractivity contribution < 1.29 is 0 Å². The molecule has 1 aliphatic heterocycles. The van der Waals surface area contributed by atoms with E-state index in [1.54, 1.807) is 0 Å². The van der Waals surface area contributed by atoms with Crippen molar-refractivity contribution in [1.29, 1.82) is 0 Å². The van der Waals surface area contributed by atoms with E-state index in [1.807, 2.05) is 13.1 Å². The number of rotatable bonds is 4. The highest BCUT2D eigenvalue weighted by Crippen LogP contribution is 2.24. The van der Waals surface area contributed by atoms with Crippen LogP contribution in [0.2, 0.25) is 0 Å². The first-order valence-electron chi connectivity index (χ1n) is 8.58. The van der Waals surface area contributed by atoms with Gasteiger partial charge in [0.25, 0.3) is 0 Å². The van der Waals surface area contributed by atoms with Gasteiger partial charge in [0.1, 0.15) is 11.6 Å². The Morgan fingerprint density at radius 2 is 1.77 bits per heavy atom. The van der Waals surface area contributed by atoms with Gasteiger partial charge in [-0.2, -0.15) is 9.97 Å². The Balaban J connectivity index is 1.67. The molecule has 0 unspecified atom stereocenters. The van der Waals surface area contributed by atoms with Crippen LogP contribution < -0.4 is 21.3 Å². The van der Waals surface area contributed by atoms with Crippen LogP contribution in [0.15, 0.2) is 6.07 Å². The molecular formula is C16H28N6. The van der Waals surface area contributed by atoms with Gasteiger partial charge in [0.05, 0.1) is 0 Å². The van der Waals surface area contributed by atoms with E-state index >= 15 is 0 Å². The SMILES string of the molecule is CNC1CCN(c2cc(N)nc(NC3CCCCC3)n2)CC1. The van der Waals surface area contributed by atoms with Crippen LogP contribution >= 0.6 is 0 Å². The van der Waals surface area contributed by atoms with Crippen molar-refractivity contribution >= 4 is 17.6 Å². The third-order valence-corrected chi connectivity index (χ3v) is 4.90. The van der Waals surface area contributed by atoms with Crippen LogP contribution in [0.4, 0.5) is 17.6 Å². The smallest absolute Gasteiger partial charge is 0.226 e. The molecule has 0 amide bonds. The van der Waals surface area contributed by atoms with Crippen molar-refractivity contribution in [2.24, 2.45) is 0 Å². The Morgan fingerprint density at radius 3 is 2.45 bits per heavy atom. The second-order valence-corrected chi connectivity index (χ2v) is 6.50. The normalized spacial score (nSPS) is 21.0. The summed E-state index contributed by atoms with van der Waals surface area (Å²) in [5.41, 5.74) is 5.99. The molecule has 3 rings (SSSR count). The molecular weight excluding hydrogens is 276 g/mol. The summed E-state index contributed by atoms with van der Waals surface area (Å²) in [7, 11) is 2.04. The average Bonchev–Trinajstić information content (AvgIpc) is 2.55. The molecule has 122 valence electrons. The molecule has 1 saturated heterocycles. The summed E-state index contributed by atoms with van der Waals surface area (Å²) in [6.45, 7) is 2.04. The predicted molar refractivity (Wildman–Crippen MR) is 91.2 cm³/mol. The van der Waals surface area contributed by atoms with Gasteiger partial charge in [0.2, 0.25) is 5.95 Å². The minimum Gasteiger partial charge on any atom is -0.383 e. The highest BCUT2D eigenvalue weighted by molar-refractivity contribution is 5.52. The lowest BCUT2D eigenvalue weighted by Crippen LogP contribution is -2.41. The van der Waals surface area contributed by atoms with Gasteiger partial charge in [-0.3, -0.25) is 0 Å². The fourth-order valence-corrected chi connectivity index (χ4v) is 3.51. The summed E-state index contributed by atoms with van der Waals surface area (Å²) < 4.78 is 0. The van der Waals surface area contributed by atoms with Gasteiger partial charge in [0, 0.05) is 31.2 Å². The first kappa shape index (κ1) is 15.3. The molecule has 0 atom stereocenters. The zero-order chi connectivity index (χ0) is 15.4. The lowest BCUT2D eigenvalue weighted by molar-refractivity contribution is 0.440. The van der Waals surface area contributed by atoms with Crippen molar-refractivity contribution in [3.8, 4) is 0 Å². The lowest BCUT2D eigenvalue weighted by atomic mass is 9.96. The topological polar surface area (TPSA) is 79.1 Å². The largest absolute Gasteiger partial charge is 0.383 e. The Labute approximate surface area is 132 Å². The standard InChI is InChI=1S/C16H28N6/c1-18-12-7-9-22(10-8-12)15-11-14(17)20-16(21-15)19-13-5-3-2-4-6-13/h11-13,18H,2-10H2,1H3,(H3,17,19,20,21). The molecule has 0 radical (unpaired) electrons. The summed E-state index contributed by atoms with van der Waals surface area (Å²) in [5, 5.41) is 6.84. The van der Waals surface area contributed by atoms with Crippen LogP contribution in [0.25, 0.3) is 0 Å². The minimum absolute atomic E-state index is 0.499. The predicted octanol–water partition coefficient (Wildman–Crippen LogP) is 1.99. The van der Waals surface area contributed by atoms with Crippen LogP contribution in [0.5, 0.6) is 0 Å². The van der Waals surface area contributed by atoms with E-state index in [0.717, 1.165) is 31.7 Å². The summed E-state index contributed by atoms with van der Waals surface area (Å²) in [6, 6.07) is 3.01. The molecule has 4 N–H and O–H groups in total. The first-order valence-corrected chi connectivity index (χ1v) is 8.58. The van der Waals surface area contributed by atoms with E-state index in [1.165, 1.54) is 32.1 Å². The van der Waals surface area contributed by atoms with E-state index in [9.17, 15) is 0 Å². The molecule has 0 bridgehead atoms. The number of nitrogen functional groups attached to an aromatic ring is 1. The first-order chi connectivity index (χ1) is 10.7. The fraction of sp³-hybridized carbons (Fsp3) is 0.750. The molecule has 0 spiro atoms. The van der Waals surface area contributed by atoms with Crippen LogP contribution in [0.1, 0.15) is 44.9 Å². The molecule has 1 aliphatic carbocycles. The second-order valence-electron chi connectivity index (χ2n) is 6.50. The van der Waals surface area contributed by atoms with Crippen molar-refractivity contribution in [3.05, 3.63) is 6.07 Å². The second kappa shape index (κ2) is 7.13. The molecule has 1 aromatic rings. The Hall–Kier alpha value is -1.56. The summed E-state index contributed by atoms with van der Waals surface area (Å²) in [6.07, 6.45) is 8.65. The number of nitrogens with two attached hydrogens (primary N) is 1. The fourth-order valence-electron chi connectivity index (χ4n) is 3.51. The van der Waals surface area contributed by atoms with Crippen molar-refractivity contribution in [1.82, 2.24) is 15.3 Å². The molecule has 22 heavy (non-hydrogen) atoms. The van der Waals surface area contributed by atoms with Crippen molar-refractivity contribution in [3.63, 3.8) is 0 Å². The van der Waals surface area contributed by atoms with Gasteiger partial charge in [0.15, 0.2) is 0 Å². The lowest BCUT2D eigenvalue weighted by Gasteiger charge is -2.33. The van der Waals surface area contributed by atoms with Crippen LogP contribution in [0.3, 0.4) is 0 Å². The highest BCUT2D eigenvalue weighted by Gasteiger charge is 2.20. The van der Waals surface area contributed by atoms with Crippen LogP contribution in [-0.4, -0.2) is 42.2 Å². The highest BCUT2D eigenvalue weighted by atomic mass is 15.2. The number of aromatic nitrogens is 2. The number of nitrogens with one attached hydrogen (secondary N) is 2. The van der Waals surface area contributed by atoms with E-state index in [2.05, 4.69) is 20.5 Å². The molecule has 6 nitrogen and oxygen atoms in total. The minimum atomic E-state index is 0.499. The summed E-state index contributed by atoms with van der Waals surface area (Å²) >= 11 is 0. The van der Waals surface area contributed by atoms with E-state index < -0.39 is 0 Å². The number of piperidine rings is 1. The molecule has 6 heteroatoms. The van der Waals surface area contributed by atoms with Gasteiger partial charge in [-0.1, -0.05) is 19.3 Å². The van der Waals surface area contributed by atoms with Crippen molar-refractivity contribution in [2.75, 3.05) is 36.1 Å². The molecule has 2 aliphatic rings. The van der Waals surface area contributed by atoms with Crippen molar-refractivity contribution in [2.45, 2.75) is 57.0 Å². The number of nitrogens with zero attached hydrogens (tertiary/aromatic N) is 3. The van der Waals surface area contributed by atoms with Crippen LogP contribution in [-0.2, 0) is 0 Å². The zero-order valence-electron chi connectivity index (χ0n) is 13.5. The summed E-state index contributed by atoms with van der Waals surface area (Å²) in [5.74, 6) is 2.21. The third-order valence-electron chi connectivity index (χ3n) is 4.90. The van der Waals surface area contributed by atoms with Crippen LogP contribution in [0, 0.1) is 0 Å². The Morgan fingerprint density at radius 1 is 1.05 bits per heavy atom. The third kappa shape index (κ3) is 3.80. The maximum atomic E-state index is 5.99. The van der Waals surface area contributed by atoms with E-state index in [-0.39, 0.29) is 0 Å². The number of hydrogen-bond acceptors (Lipinski definition) is 6. The van der Waals surface area contributed by atoms with E-state index in [4.69, 9.17) is 10.7 Å². The zero-order valence-corrected chi connectivity index (χ0v) is 13.5. The quantitative estimate of drug-likeness (QED) is 0.789. The Kier molecular flexibility index (Phi) is 4.97. The molecule has 1 aromatic heterocycles. The van der Waals surface area contributed by atoms with Gasteiger partial charge >= 0.3 is 0 Å². The maximum absolute atomic E-state index is 5.99. The number of anilines is 3. The average molecular weight is 304 g/mol. The maximum Gasteiger partial charge on any atom is 0.226 e. The van der Waals surface area contributed by atoms with Gasteiger partial charge < -0.3 is 21.3 Å².